The predicted molar refractivity (Wildman–Crippen MR) is 57.3 cm³/mol. The Labute approximate surface area is 88.6 Å². The maximum Gasteiger partial charge on any atom is 0.224 e. The van der Waals surface area contributed by atoms with Gasteiger partial charge in [0.15, 0.2) is 5.84 Å². The molecule has 1 rings (SSSR count). The zero-order valence-corrected chi connectivity index (χ0v) is 8.90. The van der Waals surface area contributed by atoms with Gasteiger partial charge in [-0.2, -0.15) is 0 Å². The van der Waals surface area contributed by atoms with Crippen LogP contribution in [-0.2, 0) is 0 Å². The highest BCUT2D eigenvalue weighted by atomic mass is 16.5. The lowest BCUT2D eigenvalue weighted by Crippen LogP contribution is -2.16. The number of rotatable bonds is 4. The fourth-order valence-corrected chi connectivity index (χ4v) is 1.09. The minimum absolute atomic E-state index is 0.00797. The minimum atomic E-state index is 0.00797. The largest absolute Gasteiger partial charge is 0.477 e. The van der Waals surface area contributed by atoms with E-state index in [1.54, 1.807) is 12.1 Å². The lowest BCUT2D eigenvalue weighted by molar-refractivity contribution is 0.301. The molecular weight excluding hydrogens is 194 g/mol. The molecule has 82 valence electrons. The average molecular weight is 209 g/mol. The quantitative estimate of drug-likeness (QED) is 0.338. The van der Waals surface area contributed by atoms with Crippen molar-refractivity contribution in [3.63, 3.8) is 0 Å². The van der Waals surface area contributed by atoms with E-state index < -0.39 is 0 Å². The van der Waals surface area contributed by atoms with E-state index in [2.05, 4.69) is 10.1 Å². The molecule has 0 aliphatic heterocycles. The molecule has 5 heteroatoms. The molecule has 0 saturated carbocycles. The van der Waals surface area contributed by atoms with Gasteiger partial charge in [-0.25, -0.2) is 4.98 Å². The zero-order chi connectivity index (χ0) is 11.3. The van der Waals surface area contributed by atoms with Gasteiger partial charge in [0.1, 0.15) is 0 Å². The number of hydrogen-bond donors (Lipinski definition) is 2. The molecule has 0 aliphatic rings. The third-order valence-corrected chi connectivity index (χ3v) is 1.83. The molecule has 0 fully saturated rings. The number of amidine groups is 1. The second kappa shape index (κ2) is 5.19. The van der Waals surface area contributed by atoms with Crippen LogP contribution >= 0.6 is 0 Å². The van der Waals surface area contributed by atoms with Crippen LogP contribution in [0.2, 0.25) is 0 Å². The molecular formula is C10H15N3O2. The molecule has 1 heterocycles. The Morgan fingerprint density at radius 1 is 1.60 bits per heavy atom. The zero-order valence-electron chi connectivity index (χ0n) is 8.90. The van der Waals surface area contributed by atoms with Gasteiger partial charge >= 0.3 is 0 Å². The average Bonchev–Trinajstić information content (AvgIpc) is 2.25. The van der Waals surface area contributed by atoms with Crippen molar-refractivity contribution in [1.29, 1.82) is 0 Å². The third kappa shape index (κ3) is 2.83. The Morgan fingerprint density at radius 3 is 2.93 bits per heavy atom. The van der Waals surface area contributed by atoms with Crippen LogP contribution in [0.4, 0.5) is 0 Å². The lowest BCUT2D eigenvalue weighted by Gasteiger charge is -2.09. The van der Waals surface area contributed by atoms with Crippen LogP contribution in [-0.4, -0.2) is 22.6 Å². The molecule has 0 amide bonds. The topological polar surface area (TPSA) is 80.7 Å². The van der Waals surface area contributed by atoms with Crippen LogP contribution in [0, 0.1) is 6.92 Å². The molecule has 0 saturated heterocycles. The van der Waals surface area contributed by atoms with Gasteiger partial charge in [0.2, 0.25) is 5.88 Å². The summed E-state index contributed by atoms with van der Waals surface area (Å²) < 4.78 is 5.41. The van der Waals surface area contributed by atoms with Gasteiger partial charge in [-0.3, -0.25) is 0 Å². The van der Waals surface area contributed by atoms with E-state index in [9.17, 15) is 0 Å². The first-order chi connectivity index (χ1) is 7.19. The maximum absolute atomic E-state index is 8.59. The summed E-state index contributed by atoms with van der Waals surface area (Å²) in [6, 6.07) is 3.51. The molecule has 0 spiro atoms. The van der Waals surface area contributed by atoms with Crippen molar-refractivity contribution in [2.24, 2.45) is 10.9 Å². The number of nitrogens with two attached hydrogens (primary N) is 1. The Bertz CT molecular complexity index is 364. The molecule has 3 N–H and O–H groups in total. The number of oxime groups is 1. The number of nitrogens with zero attached hydrogens (tertiary/aromatic N) is 2. The number of aromatic nitrogens is 1. The van der Waals surface area contributed by atoms with Crippen LogP contribution in [0.25, 0.3) is 0 Å². The fourth-order valence-electron chi connectivity index (χ4n) is 1.09. The summed E-state index contributed by atoms with van der Waals surface area (Å²) in [5.74, 6) is 0.417. The molecule has 0 aliphatic carbocycles. The first kappa shape index (κ1) is 11.3. The summed E-state index contributed by atoms with van der Waals surface area (Å²) >= 11 is 0. The number of ether oxygens (including phenoxy) is 1. The summed E-state index contributed by atoms with van der Waals surface area (Å²) in [4.78, 5) is 4.19. The van der Waals surface area contributed by atoms with E-state index >= 15 is 0 Å². The van der Waals surface area contributed by atoms with Gasteiger partial charge < -0.3 is 15.7 Å². The number of aryl methyl sites for hydroxylation is 1. The highest BCUT2D eigenvalue weighted by Crippen LogP contribution is 2.15. The van der Waals surface area contributed by atoms with Crippen molar-refractivity contribution >= 4 is 5.84 Å². The fraction of sp³-hybridized carbons (Fsp3) is 0.400. The van der Waals surface area contributed by atoms with Crippen molar-refractivity contribution in [1.82, 2.24) is 4.98 Å². The molecule has 0 bridgehead atoms. The van der Waals surface area contributed by atoms with Gasteiger partial charge in [0, 0.05) is 5.69 Å². The van der Waals surface area contributed by atoms with E-state index in [4.69, 9.17) is 15.7 Å². The smallest absolute Gasteiger partial charge is 0.224 e. The lowest BCUT2D eigenvalue weighted by atomic mass is 10.2. The Morgan fingerprint density at radius 2 is 2.33 bits per heavy atom. The normalized spacial score (nSPS) is 11.5. The van der Waals surface area contributed by atoms with Crippen LogP contribution in [0.5, 0.6) is 5.88 Å². The van der Waals surface area contributed by atoms with E-state index in [0.717, 1.165) is 12.1 Å². The van der Waals surface area contributed by atoms with Crippen molar-refractivity contribution in [2.75, 3.05) is 6.61 Å². The second-order valence-electron chi connectivity index (χ2n) is 3.14. The summed E-state index contributed by atoms with van der Waals surface area (Å²) in [6.45, 7) is 4.41. The van der Waals surface area contributed by atoms with Gasteiger partial charge in [-0.1, -0.05) is 12.1 Å². The van der Waals surface area contributed by atoms with Crippen LogP contribution in [0.3, 0.4) is 0 Å². The number of pyridine rings is 1. The Hall–Kier alpha value is -1.78. The van der Waals surface area contributed by atoms with Gasteiger partial charge in [-0.05, 0) is 25.5 Å². The van der Waals surface area contributed by atoms with E-state index in [1.165, 1.54) is 0 Å². The summed E-state index contributed by atoms with van der Waals surface area (Å²) in [5.41, 5.74) is 6.84. The second-order valence-corrected chi connectivity index (χ2v) is 3.14. The van der Waals surface area contributed by atoms with Crippen molar-refractivity contribution in [3.8, 4) is 5.88 Å². The monoisotopic (exact) mass is 209 g/mol. The van der Waals surface area contributed by atoms with Gasteiger partial charge in [0.25, 0.3) is 0 Å². The molecule has 5 nitrogen and oxygen atoms in total. The summed E-state index contributed by atoms with van der Waals surface area (Å²) in [6.07, 6.45) is 0.880. The van der Waals surface area contributed by atoms with Crippen molar-refractivity contribution in [3.05, 3.63) is 23.4 Å². The van der Waals surface area contributed by atoms with Crippen molar-refractivity contribution in [2.45, 2.75) is 20.3 Å². The standard InChI is InChI=1S/C10H15N3O2/c1-3-6-15-10-8(9(11)13-14)5-4-7(2)12-10/h4-5,14H,3,6H2,1-2H3,(H2,11,13). The molecule has 0 unspecified atom stereocenters. The van der Waals surface area contributed by atoms with Gasteiger partial charge in [-0.15, -0.1) is 0 Å². The van der Waals surface area contributed by atoms with Gasteiger partial charge in [0.05, 0.1) is 12.2 Å². The molecule has 0 aromatic carbocycles. The Kier molecular flexibility index (Phi) is 3.91. The first-order valence-electron chi connectivity index (χ1n) is 4.77. The summed E-state index contributed by atoms with van der Waals surface area (Å²) in [5, 5.41) is 11.5. The third-order valence-electron chi connectivity index (χ3n) is 1.83. The summed E-state index contributed by atoms with van der Waals surface area (Å²) in [7, 11) is 0. The van der Waals surface area contributed by atoms with E-state index in [1.807, 2.05) is 13.8 Å². The predicted octanol–water partition coefficient (Wildman–Crippen LogP) is 1.27. The first-order valence-corrected chi connectivity index (χ1v) is 4.77. The van der Waals surface area contributed by atoms with Crippen LogP contribution < -0.4 is 10.5 Å². The molecule has 0 radical (unpaired) electrons. The highest BCUT2D eigenvalue weighted by molar-refractivity contribution is 5.99. The van der Waals surface area contributed by atoms with Crippen molar-refractivity contribution < 1.29 is 9.94 Å². The maximum atomic E-state index is 8.59. The van der Waals surface area contributed by atoms with Crippen LogP contribution in [0.15, 0.2) is 17.3 Å². The molecule has 1 aromatic heterocycles. The molecule has 0 atom stereocenters. The Balaban J connectivity index is 3.03. The van der Waals surface area contributed by atoms with E-state index in [-0.39, 0.29) is 5.84 Å². The molecule has 15 heavy (non-hydrogen) atoms. The SMILES string of the molecule is CCCOc1nc(C)ccc1C(N)=NO. The molecule has 1 aromatic rings. The minimum Gasteiger partial charge on any atom is -0.477 e. The van der Waals surface area contributed by atoms with Crippen LogP contribution in [0.1, 0.15) is 24.6 Å². The number of hydrogen-bond acceptors (Lipinski definition) is 4. The van der Waals surface area contributed by atoms with E-state index in [0.29, 0.717) is 18.1 Å². The highest BCUT2D eigenvalue weighted by Gasteiger charge is 2.09.